The highest BCUT2D eigenvalue weighted by Crippen LogP contribution is 2.32. The topological polar surface area (TPSA) is 68.1 Å². The van der Waals surface area contributed by atoms with Crippen LogP contribution in [0.15, 0.2) is 30.5 Å². The second-order valence-electron chi connectivity index (χ2n) is 4.90. The molecular formula is C14H15N3O2S. The molecule has 3 rings (SSSR count). The fraction of sp³-hybridized carbons (Fsp3) is 0.357. The third kappa shape index (κ3) is 2.56. The predicted molar refractivity (Wildman–Crippen MR) is 82.3 cm³/mol. The minimum atomic E-state index is -0.370. The van der Waals surface area contributed by atoms with Crippen LogP contribution in [0.2, 0.25) is 0 Å². The number of rotatable bonds is 4. The number of hydrogen-bond acceptors (Lipinski definition) is 5. The molecule has 6 heteroatoms. The van der Waals surface area contributed by atoms with Crippen molar-refractivity contribution in [1.82, 2.24) is 4.98 Å². The number of aromatic nitrogens is 1. The molecule has 1 aromatic carbocycles. The van der Waals surface area contributed by atoms with E-state index in [1.54, 1.807) is 0 Å². The molecular weight excluding hydrogens is 274 g/mol. The van der Waals surface area contributed by atoms with E-state index in [1.165, 1.54) is 18.4 Å². The number of anilines is 1. The van der Waals surface area contributed by atoms with Crippen molar-refractivity contribution < 1.29 is 4.92 Å². The van der Waals surface area contributed by atoms with E-state index in [0.717, 1.165) is 23.2 Å². The zero-order chi connectivity index (χ0) is 13.9. The van der Waals surface area contributed by atoms with Crippen molar-refractivity contribution in [2.75, 3.05) is 23.4 Å². The van der Waals surface area contributed by atoms with Crippen molar-refractivity contribution in [3.8, 4) is 0 Å². The van der Waals surface area contributed by atoms with E-state index in [2.05, 4.69) is 10.3 Å². The number of hydrogen-bond donors (Lipinski definition) is 1. The Hall–Kier alpha value is -1.82. The van der Waals surface area contributed by atoms with Crippen LogP contribution in [-0.2, 0) is 0 Å². The molecule has 1 atom stereocenters. The van der Waals surface area contributed by atoms with Gasteiger partial charge in [-0.2, -0.15) is 11.8 Å². The van der Waals surface area contributed by atoms with Gasteiger partial charge in [0.05, 0.1) is 10.4 Å². The first-order valence-electron chi connectivity index (χ1n) is 6.59. The lowest BCUT2D eigenvalue weighted by molar-refractivity contribution is -0.384. The van der Waals surface area contributed by atoms with Crippen LogP contribution in [0.5, 0.6) is 0 Å². The Morgan fingerprint density at radius 1 is 1.45 bits per heavy atom. The summed E-state index contributed by atoms with van der Waals surface area (Å²) in [5.74, 6) is 2.90. The van der Waals surface area contributed by atoms with E-state index in [0.29, 0.717) is 11.6 Å². The third-order valence-corrected chi connectivity index (χ3v) is 4.78. The smallest absolute Gasteiger partial charge is 0.311 e. The molecule has 0 spiro atoms. The van der Waals surface area contributed by atoms with Crippen molar-refractivity contribution in [1.29, 1.82) is 0 Å². The Bertz CT molecular complexity index is 641. The summed E-state index contributed by atoms with van der Waals surface area (Å²) < 4.78 is 0. The van der Waals surface area contributed by atoms with Gasteiger partial charge in [0, 0.05) is 11.9 Å². The van der Waals surface area contributed by atoms with E-state index in [4.69, 9.17) is 0 Å². The van der Waals surface area contributed by atoms with E-state index in [9.17, 15) is 10.1 Å². The van der Waals surface area contributed by atoms with Gasteiger partial charge in [0.25, 0.3) is 0 Å². The monoisotopic (exact) mass is 289 g/mol. The average Bonchev–Trinajstić information content (AvgIpc) is 2.97. The van der Waals surface area contributed by atoms with Crippen LogP contribution in [0.1, 0.15) is 6.42 Å². The standard InChI is InChI=1S/C14H15N3O2S/c18-17(19)13-8-15-12-4-2-1-3-11(12)14(13)16-7-10-5-6-20-9-10/h1-4,8,10H,5-7,9H2,(H,15,16). The van der Waals surface area contributed by atoms with Gasteiger partial charge in [-0.1, -0.05) is 18.2 Å². The van der Waals surface area contributed by atoms with Crippen molar-refractivity contribution in [3.63, 3.8) is 0 Å². The summed E-state index contributed by atoms with van der Waals surface area (Å²) in [6.45, 7) is 0.780. The number of benzene rings is 1. The Morgan fingerprint density at radius 2 is 2.30 bits per heavy atom. The number of para-hydroxylation sites is 1. The molecule has 1 aliphatic rings. The Labute approximate surface area is 120 Å². The van der Waals surface area contributed by atoms with Gasteiger partial charge in [-0.05, 0) is 29.9 Å². The summed E-state index contributed by atoms with van der Waals surface area (Å²) in [6, 6.07) is 7.51. The van der Waals surface area contributed by atoms with Gasteiger partial charge >= 0.3 is 5.69 Å². The van der Waals surface area contributed by atoms with Crippen LogP contribution >= 0.6 is 11.8 Å². The highest BCUT2D eigenvalue weighted by atomic mass is 32.2. The van der Waals surface area contributed by atoms with Gasteiger partial charge in [0.1, 0.15) is 11.9 Å². The van der Waals surface area contributed by atoms with Gasteiger partial charge in [-0.15, -0.1) is 0 Å². The van der Waals surface area contributed by atoms with Crippen molar-refractivity contribution in [2.45, 2.75) is 6.42 Å². The fourth-order valence-corrected chi connectivity index (χ4v) is 3.73. The maximum atomic E-state index is 11.2. The highest BCUT2D eigenvalue weighted by molar-refractivity contribution is 7.99. The molecule has 1 fully saturated rings. The average molecular weight is 289 g/mol. The maximum absolute atomic E-state index is 11.2. The number of nitro groups is 1. The lowest BCUT2D eigenvalue weighted by Gasteiger charge is -2.13. The quantitative estimate of drug-likeness (QED) is 0.691. The number of nitrogens with one attached hydrogen (secondary N) is 1. The van der Waals surface area contributed by atoms with E-state index in [1.807, 2.05) is 36.0 Å². The van der Waals surface area contributed by atoms with Gasteiger partial charge < -0.3 is 5.32 Å². The molecule has 1 N–H and O–H groups in total. The Kier molecular flexibility index (Phi) is 3.73. The lowest BCUT2D eigenvalue weighted by Crippen LogP contribution is -2.14. The first-order valence-corrected chi connectivity index (χ1v) is 7.75. The molecule has 1 aliphatic heterocycles. The number of pyridine rings is 1. The number of nitrogens with zero attached hydrogens (tertiary/aromatic N) is 2. The molecule has 0 saturated carbocycles. The van der Waals surface area contributed by atoms with E-state index >= 15 is 0 Å². The fourth-order valence-electron chi connectivity index (χ4n) is 2.45. The van der Waals surface area contributed by atoms with Crippen LogP contribution < -0.4 is 5.32 Å². The summed E-state index contributed by atoms with van der Waals surface area (Å²) in [5, 5.41) is 15.3. The second kappa shape index (κ2) is 5.66. The van der Waals surface area contributed by atoms with Crippen molar-refractivity contribution >= 4 is 34.0 Å². The summed E-state index contributed by atoms with van der Waals surface area (Å²) in [6.07, 6.45) is 2.52. The summed E-state index contributed by atoms with van der Waals surface area (Å²) >= 11 is 1.95. The Morgan fingerprint density at radius 3 is 3.05 bits per heavy atom. The molecule has 5 nitrogen and oxygen atoms in total. The van der Waals surface area contributed by atoms with Gasteiger partial charge in [0.2, 0.25) is 0 Å². The number of fused-ring (bicyclic) bond motifs is 1. The van der Waals surface area contributed by atoms with Crippen LogP contribution in [0, 0.1) is 16.0 Å². The van der Waals surface area contributed by atoms with Gasteiger partial charge in [0.15, 0.2) is 0 Å². The third-order valence-electron chi connectivity index (χ3n) is 3.54. The SMILES string of the molecule is O=[N+]([O-])c1cnc2ccccc2c1NCC1CCSC1. The van der Waals surface area contributed by atoms with E-state index in [-0.39, 0.29) is 10.6 Å². The molecule has 104 valence electrons. The summed E-state index contributed by atoms with van der Waals surface area (Å²) in [5.41, 5.74) is 1.42. The molecule has 0 aliphatic carbocycles. The van der Waals surface area contributed by atoms with Gasteiger partial charge in [-0.3, -0.25) is 10.1 Å². The maximum Gasteiger partial charge on any atom is 0.311 e. The lowest BCUT2D eigenvalue weighted by atomic mass is 10.1. The molecule has 0 bridgehead atoms. The van der Waals surface area contributed by atoms with Crippen molar-refractivity contribution in [2.24, 2.45) is 5.92 Å². The molecule has 2 heterocycles. The summed E-state index contributed by atoms with van der Waals surface area (Å²) in [4.78, 5) is 15.0. The van der Waals surface area contributed by atoms with Crippen LogP contribution in [-0.4, -0.2) is 28.0 Å². The minimum absolute atomic E-state index is 0.0503. The van der Waals surface area contributed by atoms with Crippen molar-refractivity contribution in [3.05, 3.63) is 40.6 Å². The van der Waals surface area contributed by atoms with Crippen LogP contribution in [0.4, 0.5) is 11.4 Å². The number of thioether (sulfide) groups is 1. The second-order valence-corrected chi connectivity index (χ2v) is 6.05. The Balaban J connectivity index is 1.96. The first kappa shape index (κ1) is 13.2. The van der Waals surface area contributed by atoms with Crippen LogP contribution in [0.25, 0.3) is 10.9 Å². The molecule has 0 radical (unpaired) electrons. The minimum Gasteiger partial charge on any atom is -0.379 e. The predicted octanol–water partition coefficient (Wildman–Crippen LogP) is 3.31. The molecule has 2 aromatic rings. The van der Waals surface area contributed by atoms with Gasteiger partial charge in [-0.25, -0.2) is 4.98 Å². The summed E-state index contributed by atoms with van der Waals surface area (Å²) in [7, 11) is 0. The zero-order valence-corrected chi connectivity index (χ0v) is 11.7. The highest BCUT2D eigenvalue weighted by Gasteiger charge is 2.20. The van der Waals surface area contributed by atoms with E-state index < -0.39 is 0 Å². The molecule has 0 amide bonds. The molecule has 1 unspecified atom stereocenters. The zero-order valence-electron chi connectivity index (χ0n) is 10.9. The molecule has 1 saturated heterocycles. The molecule has 1 aromatic heterocycles. The normalized spacial score (nSPS) is 18.3. The van der Waals surface area contributed by atoms with Crippen LogP contribution in [0.3, 0.4) is 0 Å². The first-order chi connectivity index (χ1) is 9.75. The largest absolute Gasteiger partial charge is 0.379 e. The molecule has 20 heavy (non-hydrogen) atoms.